The normalized spacial score (nSPS) is 17.7. The Morgan fingerprint density at radius 2 is 1.69 bits per heavy atom. The molecule has 3 aromatic rings. The van der Waals surface area contributed by atoms with Gasteiger partial charge in [0.05, 0.1) is 17.4 Å². The molecule has 35 heavy (non-hydrogen) atoms. The van der Waals surface area contributed by atoms with Crippen molar-refractivity contribution in [1.29, 1.82) is 5.26 Å². The zero-order valence-corrected chi connectivity index (χ0v) is 20.1. The summed E-state index contributed by atoms with van der Waals surface area (Å²) in [5.41, 5.74) is 7.86. The largest absolute Gasteiger partial charge is 0.382 e. The highest BCUT2D eigenvalue weighted by Crippen LogP contribution is 2.41. The van der Waals surface area contributed by atoms with Crippen LogP contribution in [0.2, 0.25) is 0 Å². The lowest BCUT2D eigenvalue weighted by atomic mass is 9.81. The summed E-state index contributed by atoms with van der Waals surface area (Å²) in [5, 5.41) is 9.26. The topological polar surface area (TPSA) is 126 Å². The summed E-state index contributed by atoms with van der Waals surface area (Å²) in [7, 11) is -2.15. The number of guanidine groups is 1. The second-order valence-corrected chi connectivity index (χ2v) is 9.88. The number of carbonyl (C=O) groups is 1. The summed E-state index contributed by atoms with van der Waals surface area (Å²) in [6.07, 6.45) is 0.436. The molecule has 1 unspecified atom stereocenters. The van der Waals surface area contributed by atoms with Crippen molar-refractivity contribution >= 4 is 22.0 Å². The molecule has 0 saturated carbocycles. The molecule has 0 fully saturated rings. The molecule has 0 aromatic heterocycles. The maximum Gasteiger partial charge on any atom is 0.309 e. The first-order valence-electron chi connectivity index (χ1n) is 11.0. The van der Waals surface area contributed by atoms with Crippen LogP contribution in [0.5, 0.6) is 5.75 Å². The third-order valence-corrected chi connectivity index (χ3v) is 7.15. The molecule has 1 heterocycles. The fourth-order valence-corrected chi connectivity index (χ4v) is 5.05. The van der Waals surface area contributed by atoms with Crippen molar-refractivity contribution in [2.45, 2.75) is 18.9 Å². The van der Waals surface area contributed by atoms with E-state index in [0.29, 0.717) is 23.1 Å². The van der Waals surface area contributed by atoms with E-state index in [0.717, 1.165) is 11.1 Å². The van der Waals surface area contributed by atoms with Gasteiger partial charge in [-0.3, -0.25) is 9.69 Å². The van der Waals surface area contributed by atoms with Crippen molar-refractivity contribution in [3.8, 4) is 22.9 Å². The minimum atomic E-state index is -3.70. The van der Waals surface area contributed by atoms with Crippen LogP contribution >= 0.6 is 0 Å². The van der Waals surface area contributed by atoms with Crippen molar-refractivity contribution in [3.05, 3.63) is 89.5 Å². The number of nitriles is 1. The summed E-state index contributed by atoms with van der Waals surface area (Å²) in [5.74, 6) is -0.221. The van der Waals surface area contributed by atoms with Crippen LogP contribution in [0.4, 0.5) is 0 Å². The molecule has 0 saturated heterocycles. The molecular weight excluding hydrogens is 464 g/mol. The van der Waals surface area contributed by atoms with Crippen LogP contribution in [0.3, 0.4) is 0 Å². The molecule has 1 atom stereocenters. The van der Waals surface area contributed by atoms with E-state index in [-0.39, 0.29) is 23.4 Å². The maximum absolute atomic E-state index is 13.5. The Balaban J connectivity index is 1.81. The predicted octanol–water partition coefficient (Wildman–Crippen LogP) is 3.37. The van der Waals surface area contributed by atoms with E-state index in [1.165, 1.54) is 17.0 Å². The number of hydrogen-bond donors (Lipinski definition) is 1. The van der Waals surface area contributed by atoms with Gasteiger partial charge in [-0.15, -0.1) is 0 Å². The first kappa shape index (κ1) is 24.0. The van der Waals surface area contributed by atoms with Crippen molar-refractivity contribution in [1.82, 2.24) is 4.90 Å². The molecule has 1 aliphatic rings. The number of nitrogens with two attached hydrogens (primary N) is 1. The molecule has 0 bridgehead atoms. The third kappa shape index (κ3) is 4.48. The highest BCUT2D eigenvalue weighted by atomic mass is 32.2. The zero-order chi connectivity index (χ0) is 25.2. The fraction of sp³-hybridized carbons (Fsp3) is 0.192. The molecule has 1 amide bonds. The lowest BCUT2D eigenvalue weighted by Gasteiger charge is -2.26. The van der Waals surface area contributed by atoms with Gasteiger partial charge in [0, 0.05) is 7.05 Å². The van der Waals surface area contributed by atoms with Gasteiger partial charge in [-0.2, -0.15) is 13.7 Å². The Morgan fingerprint density at radius 1 is 1.03 bits per heavy atom. The molecule has 0 spiro atoms. The van der Waals surface area contributed by atoms with Crippen LogP contribution in [0.15, 0.2) is 77.8 Å². The van der Waals surface area contributed by atoms with Gasteiger partial charge >= 0.3 is 10.1 Å². The number of rotatable bonds is 7. The number of amides is 1. The van der Waals surface area contributed by atoms with Gasteiger partial charge in [0.15, 0.2) is 11.5 Å². The Morgan fingerprint density at radius 3 is 2.29 bits per heavy atom. The van der Waals surface area contributed by atoms with Crippen molar-refractivity contribution in [2.24, 2.45) is 10.7 Å². The van der Waals surface area contributed by atoms with Crippen LogP contribution in [-0.2, 0) is 20.5 Å². The Bertz CT molecular complexity index is 1460. The molecule has 2 N–H and O–H groups in total. The second-order valence-electron chi connectivity index (χ2n) is 8.19. The predicted molar refractivity (Wildman–Crippen MR) is 133 cm³/mol. The van der Waals surface area contributed by atoms with Gasteiger partial charge in [-0.05, 0) is 59.0 Å². The number of carbonyl (C=O) groups excluding carboxylic acids is 1. The molecule has 4 rings (SSSR count). The van der Waals surface area contributed by atoms with Crippen LogP contribution in [0.25, 0.3) is 11.1 Å². The van der Waals surface area contributed by atoms with E-state index in [1.807, 2.05) is 24.3 Å². The number of aliphatic imine (C=N–C) groups is 1. The Hall–Kier alpha value is -4.16. The molecule has 0 radical (unpaired) electrons. The van der Waals surface area contributed by atoms with E-state index in [2.05, 4.69) is 11.1 Å². The van der Waals surface area contributed by atoms with Crippen molar-refractivity contribution < 1.29 is 17.4 Å². The number of nitrogens with zero attached hydrogens (tertiary/aromatic N) is 3. The Labute approximate surface area is 204 Å². The smallest absolute Gasteiger partial charge is 0.309 e. The van der Waals surface area contributed by atoms with Crippen molar-refractivity contribution in [2.75, 3.05) is 12.8 Å². The summed E-state index contributed by atoms with van der Waals surface area (Å²) in [6.45, 7) is 1.75. The molecule has 3 aromatic carbocycles. The third-order valence-electron chi connectivity index (χ3n) is 5.79. The minimum absolute atomic E-state index is 0.0673. The van der Waals surface area contributed by atoms with Gasteiger partial charge in [-0.25, -0.2) is 4.99 Å². The number of hydrogen-bond acceptors (Lipinski definition) is 7. The molecular formula is C26H24N4O4S. The monoisotopic (exact) mass is 488 g/mol. The second kappa shape index (κ2) is 9.24. The Kier molecular flexibility index (Phi) is 6.33. The quantitative estimate of drug-likeness (QED) is 0.508. The van der Waals surface area contributed by atoms with Gasteiger partial charge in [0.1, 0.15) is 5.75 Å². The minimum Gasteiger partial charge on any atom is -0.382 e. The van der Waals surface area contributed by atoms with E-state index in [9.17, 15) is 18.5 Å². The molecule has 9 heteroatoms. The molecule has 178 valence electrons. The molecule has 8 nitrogen and oxygen atoms in total. The summed E-state index contributed by atoms with van der Waals surface area (Å²) in [4.78, 5) is 19.4. The highest BCUT2D eigenvalue weighted by molar-refractivity contribution is 7.87. The van der Waals surface area contributed by atoms with E-state index in [1.54, 1.807) is 50.4 Å². The first-order chi connectivity index (χ1) is 16.7. The highest BCUT2D eigenvalue weighted by Gasteiger charge is 2.49. The summed E-state index contributed by atoms with van der Waals surface area (Å²) < 4.78 is 29.2. The lowest BCUT2D eigenvalue weighted by molar-refractivity contribution is -0.129. The van der Waals surface area contributed by atoms with Crippen LogP contribution in [0, 0.1) is 11.3 Å². The maximum atomic E-state index is 13.5. The van der Waals surface area contributed by atoms with Crippen molar-refractivity contribution in [3.63, 3.8) is 0 Å². The summed E-state index contributed by atoms with van der Waals surface area (Å²) >= 11 is 0. The molecule has 1 aliphatic heterocycles. The standard InChI is InChI=1S/C26H24N4O4S/c1-3-14-35(32,33)34-23-12-10-21(11-13-23)26(24(31)30(2)25(28)29-26)22-9-5-8-20(16-22)19-7-4-6-18(15-19)17-27/h4-13,15-16H,3,14H2,1-2H3,(H2,28,29). The van der Waals surface area contributed by atoms with Gasteiger partial charge < -0.3 is 9.92 Å². The number of benzene rings is 3. The van der Waals surface area contributed by atoms with E-state index < -0.39 is 15.7 Å². The van der Waals surface area contributed by atoms with Gasteiger partial charge in [-0.1, -0.05) is 49.4 Å². The SMILES string of the molecule is CCCS(=O)(=O)Oc1ccc(C2(c3cccc(-c4cccc(C#N)c4)c3)N=C(N)N(C)C2=O)cc1. The zero-order valence-electron chi connectivity index (χ0n) is 19.3. The van der Waals surface area contributed by atoms with Gasteiger partial charge in [0.2, 0.25) is 0 Å². The lowest BCUT2D eigenvalue weighted by Crippen LogP contribution is -2.41. The number of likely N-dealkylation sites (N-methyl/N-ethyl adjacent to an activating group) is 1. The van der Waals surface area contributed by atoms with Crippen LogP contribution < -0.4 is 9.92 Å². The van der Waals surface area contributed by atoms with Crippen LogP contribution in [-0.4, -0.2) is 38.0 Å². The fourth-order valence-electron chi connectivity index (χ4n) is 4.07. The van der Waals surface area contributed by atoms with Crippen LogP contribution in [0.1, 0.15) is 30.0 Å². The molecule has 0 aliphatic carbocycles. The summed E-state index contributed by atoms with van der Waals surface area (Å²) in [6, 6.07) is 22.9. The average molecular weight is 489 g/mol. The van der Waals surface area contributed by atoms with E-state index >= 15 is 0 Å². The van der Waals surface area contributed by atoms with Gasteiger partial charge in [0.25, 0.3) is 5.91 Å². The first-order valence-corrected chi connectivity index (χ1v) is 12.5. The van der Waals surface area contributed by atoms with E-state index in [4.69, 9.17) is 9.92 Å². The average Bonchev–Trinajstić information content (AvgIpc) is 3.09.